The molecule has 1 saturated heterocycles. The number of aryl methyl sites for hydroxylation is 1. The first-order chi connectivity index (χ1) is 14.4. The summed E-state index contributed by atoms with van der Waals surface area (Å²) >= 11 is 0. The largest absolute Gasteiger partial charge is 0.338 e. The number of urea groups is 1. The number of aromatic nitrogens is 2. The summed E-state index contributed by atoms with van der Waals surface area (Å²) in [6, 6.07) is -0.0942. The lowest BCUT2D eigenvalue weighted by atomic mass is 9.75. The molecule has 6 heteroatoms. The number of hydrogen-bond donors (Lipinski definition) is 1. The third kappa shape index (κ3) is 5.06. The molecular weight excluding hydrogens is 376 g/mol. The van der Waals surface area contributed by atoms with Crippen LogP contribution in [0.5, 0.6) is 0 Å². The number of carbonyl (C=O) groups is 2. The monoisotopic (exact) mass is 416 g/mol. The highest BCUT2D eigenvalue weighted by molar-refractivity contribution is 6.00. The summed E-state index contributed by atoms with van der Waals surface area (Å²) in [4.78, 5) is 27.9. The first kappa shape index (κ1) is 22.8. The number of likely N-dealkylation sites (tertiary alicyclic amines) is 1. The molecular formula is C24H40N4O2. The molecule has 0 radical (unpaired) electrons. The van der Waals surface area contributed by atoms with Gasteiger partial charge in [-0.05, 0) is 37.5 Å². The maximum atomic E-state index is 13.2. The summed E-state index contributed by atoms with van der Waals surface area (Å²) in [5.41, 5.74) is 2.74. The first-order valence-corrected chi connectivity index (χ1v) is 12.0. The van der Waals surface area contributed by atoms with E-state index in [1.54, 1.807) is 0 Å². The standard InChI is InChI=1S/C24H40N4O2/c1-5-7-9-10-15-28-19-16-24(3,4)17-20(29)21(19)22(26-28)18-12-11-14-27(18)23(30)25-13-8-6-2/h18H,5-17H2,1-4H3,(H,25,30)/t18-/m1/s1. The molecule has 0 bridgehead atoms. The SMILES string of the molecule is CCCCCCn1nc([C@H]2CCCN2C(=O)NCCCC)c2c1CC(C)(C)CC2=O. The first-order valence-electron chi connectivity index (χ1n) is 12.0. The molecule has 2 aliphatic rings. The summed E-state index contributed by atoms with van der Waals surface area (Å²) in [6.45, 7) is 11.0. The van der Waals surface area contributed by atoms with Crippen molar-refractivity contribution in [2.45, 2.75) is 104 Å². The van der Waals surface area contributed by atoms with Crippen LogP contribution in [0.15, 0.2) is 0 Å². The van der Waals surface area contributed by atoms with E-state index in [0.29, 0.717) is 13.0 Å². The Morgan fingerprint density at radius 1 is 1.13 bits per heavy atom. The molecule has 2 heterocycles. The van der Waals surface area contributed by atoms with E-state index in [4.69, 9.17) is 5.10 Å². The number of Topliss-reactive ketones (excluding diaryl/α,β-unsaturated/α-hetero) is 1. The Morgan fingerprint density at radius 3 is 2.63 bits per heavy atom. The third-order valence-corrected chi connectivity index (χ3v) is 6.51. The van der Waals surface area contributed by atoms with E-state index < -0.39 is 0 Å². The van der Waals surface area contributed by atoms with Crippen molar-refractivity contribution in [2.24, 2.45) is 5.41 Å². The molecule has 0 spiro atoms. The molecule has 1 fully saturated rings. The van der Waals surface area contributed by atoms with E-state index in [9.17, 15) is 9.59 Å². The normalized spacial score (nSPS) is 20.5. The van der Waals surface area contributed by atoms with Gasteiger partial charge in [0.1, 0.15) is 0 Å². The zero-order valence-corrected chi connectivity index (χ0v) is 19.4. The smallest absolute Gasteiger partial charge is 0.317 e. The highest BCUT2D eigenvalue weighted by Gasteiger charge is 2.41. The van der Waals surface area contributed by atoms with E-state index >= 15 is 0 Å². The summed E-state index contributed by atoms with van der Waals surface area (Å²) in [5.74, 6) is 0.203. The average molecular weight is 417 g/mol. The fourth-order valence-electron chi connectivity index (χ4n) is 4.91. The fraction of sp³-hybridized carbons (Fsp3) is 0.792. The minimum Gasteiger partial charge on any atom is -0.338 e. The molecule has 0 saturated carbocycles. The fourth-order valence-corrected chi connectivity index (χ4v) is 4.91. The average Bonchev–Trinajstić information content (AvgIpc) is 3.29. The van der Waals surface area contributed by atoms with Gasteiger partial charge in [0.05, 0.1) is 23.0 Å². The van der Waals surface area contributed by atoms with Crippen molar-refractivity contribution in [3.05, 3.63) is 17.0 Å². The van der Waals surface area contributed by atoms with Crippen LogP contribution in [0, 0.1) is 5.41 Å². The zero-order valence-electron chi connectivity index (χ0n) is 19.4. The van der Waals surface area contributed by atoms with Crippen LogP contribution in [0.3, 0.4) is 0 Å². The Hall–Kier alpha value is -1.85. The number of nitrogens with one attached hydrogen (secondary N) is 1. The second-order valence-corrected chi connectivity index (χ2v) is 9.87. The van der Waals surface area contributed by atoms with E-state index in [1.165, 1.54) is 19.3 Å². The molecule has 0 unspecified atom stereocenters. The highest BCUT2D eigenvalue weighted by Crippen LogP contribution is 2.41. The predicted molar refractivity (Wildman–Crippen MR) is 120 cm³/mol. The Bertz CT molecular complexity index is 753. The van der Waals surface area contributed by atoms with Gasteiger partial charge in [0, 0.05) is 26.1 Å². The van der Waals surface area contributed by atoms with Crippen LogP contribution >= 0.6 is 0 Å². The lowest BCUT2D eigenvalue weighted by molar-refractivity contribution is 0.0906. The van der Waals surface area contributed by atoms with Gasteiger partial charge in [-0.25, -0.2) is 4.79 Å². The summed E-state index contributed by atoms with van der Waals surface area (Å²) in [7, 11) is 0. The molecule has 1 aliphatic carbocycles. The number of carbonyl (C=O) groups excluding carboxylic acids is 2. The minimum atomic E-state index is -0.0811. The lowest BCUT2D eigenvalue weighted by Crippen LogP contribution is -2.40. The van der Waals surface area contributed by atoms with Gasteiger partial charge in [0.15, 0.2) is 5.78 Å². The topological polar surface area (TPSA) is 67.2 Å². The molecule has 1 aromatic heterocycles. The third-order valence-electron chi connectivity index (χ3n) is 6.51. The molecule has 6 nitrogen and oxygen atoms in total. The van der Waals surface area contributed by atoms with Gasteiger partial charge in [0.25, 0.3) is 0 Å². The van der Waals surface area contributed by atoms with Gasteiger partial charge in [-0.3, -0.25) is 9.48 Å². The van der Waals surface area contributed by atoms with Gasteiger partial charge >= 0.3 is 6.03 Å². The molecule has 1 aliphatic heterocycles. The summed E-state index contributed by atoms with van der Waals surface area (Å²) in [6.07, 6.45) is 10.0. The van der Waals surface area contributed by atoms with Gasteiger partial charge < -0.3 is 10.2 Å². The molecule has 168 valence electrons. The van der Waals surface area contributed by atoms with E-state index in [1.807, 2.05) is 4.90 Å². The second-order valence-electron chi connectivity index (χ2n) is 9.87. The van der Waals surface area contributed by atoms with E-state index in [2.05, 4.69) is 37.7 Å². The molecule has 1 aromatic rings. The molecule has 3 rings (SSSR count). The van der Waals surface area contributed by atoms with Crippen molar-refractivity contribution in [3.8, 4) is 0 Å². The zero-order chi connectivity index (χ0) is 21.7. The van der Waals surface area contributed by atoms with Gasteiger partial charge in [-0.1, -0.05) is 53.4 Å². The van der Waals surface area contributed by atoms with Crippen molar-refractivity contribution >= 4 is 11.8 Å². The molecule has 1 atom stereocenters. The van der Waals surface area contributed by atoms with Gasteiger partial charge in [0.2, 0.25) is 0 Å². The number of ketones is 1. The number of amides is 2. The number of fused-ring (bicyclic) bond motifs is 1. The summed E-state index contributed by atoms with van der Waals surface area (Å²) in [5, 5.41) is 8.04. The van der Waals surface area contributed by atoms with Crippen molar-refractivity contribution in [3.63, 3.8) is 0 Å². The Morgan fingerprint density at radius 2 is 1.90 bits per heavy atom. The van der Waals surface area contributed by atoms with Crippen LogP contribution in [0.4, 0.5) is 4.79 Å². The van der Waals surface area contributed by atoms with E-state index in [-0.39, 0.29) is 23.3 Å². The predicted octanol–water partition coefficient (Wildman–Crippen LogP) is 5.27. The van der Waals surface area contributed by atoms with Crippen LogP contribution in [-0.4, -0.2) is 39.6 Å². The van der Waals surface area contributed by atoms with Crippen LogP contribution < -0.4 is 5.32 Å². The van der Waals surface area contributed by atoms with Gasteiger partial charge in [-0.2, -0.15) is 5.10 Å². The van der Waals surface area contributed by atoms with Crippen molar-refractivity contribution in [1.82, 2.24) is 20.0 Å². The maximum absolute atomic E-state index is 13.2. The van der Waals surface area contributed by atoms with Crippen LogP contribution in [-0.2, 0) is 13.0 Å². The van der Waals surface area contributed by atoms with Crippen molar-refractivity contribution in [1.29, 1.82) is 0 Å². The second kappa shape index (κ2) is 9.97. The van der Waals surface area contributed by atoms with Crippen molar-refractivity contribution in [2.75, 3.05) is 13.1 Å². The van der Waals surface area contributed by atoms with Gasteiger partial charge in [-0.15, -0.1) is 0 Å². The Balaban J connectivity index is 1.87. The van der Waals surface area contributed by atoms with E-state index in [0.717, 1.165) is 68.6 Å². The minimum absolute atomic E-state index is 0.0132. The van der Waals surface area contributed by atoms with Crippen LogP contribution in [0.1, 0.15) is 113 Å². The van der Waals surface area contributed by atoms with Crippen LogP contribution in [0.2, 0.25) is 0 Å². The number of rotatable bonds is 9. The van der Waals surface area contributed by atoms with Crippen LogP contribution in [0.25, 0.3) is 0 Å². The Labute approximate surface area is 181 Å². The highest BCUT2D eigenvalue weighted by atomic mass is 16.2. The van der Waals surface area contributed by atoms with Crippen molar-refractivity contribution < 1.29 is 9.59 Å². The summed E-state index contributed by atoms with van der Waals surface area (Å²) < 4.78 is 2.10. The maximum Gasteiger partial charge on any atom is 0.317 e. The lowest BCUT2D eigenvalue weighted by Gasteiger charge is -2.30. The Kier molecular flexibility index (Phi) is 7.59. The quantitative estimate of drug-likeness (QED) is 0.558. The number of hydrogen-bond acceptors (Lipinski definition) is 3. The number of nitrogens with zero attached hydrogens (tertiary/aromatic N) is 3. The molecule has 1 N–H and O–H groups in total. The number of unbranched alkanes of at least 4 members (excludes halogenated alkanes) is 4. The molecule has 2 amide bonds. The molecule has 30 heavy (non-hydrogen) atoms. The molecule has 0 aromatic carbocycles.